The molecule has 1 amide bonds. The normalized spacial score (nSPS) is 12.7. The fourth-order valence-electron chi connectivity index (χ4n) is 2.96. The molecule has 2 atom stereocenters. The molecule has 0 bridgehead atoms. The van der Waals surface area contributed by atoms with E-state index >= 15 is 0 Å². The fraction of sp³-hybridized carbons (Fsp3) is 0.346. The summed E-state index contributed by atoms with van der Waals surface area (Å²) in [4.78, 5) is 38.3. The lowest BCUT2D eigenvalue weighted by Gasteiger charge is -2.28. The van der Waals surface area contributed by atoms with Crippen molar-refractivity contribution in [3.8, 4) is 0 Å². The van der Waals surface area contributed by atoms with Crippen LogP contribution < -0.4 is 5.32 Å². The first-order chi connectivity index (χ1) is 15.7. The van der Waals surface area contributed by atoms with E-state index in [1.807, 2.05) is 36.4 Å². The van der Waals surface area contributed by atoms with Gasteiger partial charge >= 0.3 is 18.0 Å². The van der Waals surface area contributed by atoms with Crippen LogP contribution in [0.2, 0.25) is 0 Å². The number of ether oxygens (including phenoxy) is 3. The van der Waals surface area contributed by atoms with E-state index in [2.05, 4.69) is 11.9 Å². The molecule has 0 radical (unpaired) electrons. The fourth-order valence-corrected chi connectivity index (χ4v) is 2.96. The molecule has 2 aromatic rings. The first-order valence-electron chi connectivity index (χ1n) is 10.7. The molecule has 1 N–H and O–H groups in total. The van der Waals surface area contributed by atoms with Crippen LogP contribution in [0.3, 0.4) is 0 Å². The quantitative estimate of drug-likeness (QED) is 0.322. The average Bonchev–Trinajstić information content (AvgIpc) is 2.78. The van der Waals surface area contributed by atoms with Gasteiger partial charge in [0.25, 0.3) is 0 Å². The second kappa shape index (κ2) is 12.4. The number of esters is 2. The Morgan fingerprint density at radius 3 is 1.88 bits per heavy atom. The maximum Gasteiger partial charge on any atom is 0.408 e. The lowest BCUT2D eigenvalue weighted by Crippen LogP contribution is -2.50. The molecule has 0 saturated heterocycles. The molecular weight excluding hydrogens is 422 g/mol. The van der Waals surface area contributed by atoms with Crippen molar-refractivity contribution in [1.82, 2.24) is 5.32 Å². The largest absolute Gasteiger partial charge is 0.460 e. The number of hydrogen-bond acceptors (Lipinski definition) is 6. The van der Waals surface area contributed by atoms with Crippen LogP contribution in [0.25, 0.3) is 0 Å². The Kier molecular flexibility index (Phi) is 9.66. The number of hydrogen-bond donors (Lipinski definition) is 1. The van der Waals surface area contributed by atoms with Crippen LogP contribution in [0.5, 0.6) is 0 Å². The van der Waals surface area contributed by atoms with Crippen LogP contribution in [0, 0.1) is 5.92 Å². The summed E-state index contributed by atoms with van der Waals surface area (Å²) in [6.07, 6.45) is 0.736. The summed E-state index contributed by atoms with van der Waals surface area (Å²) < 4.78 is 16.1. The predicted octanol–water partition coefficient (Wildman–Crippen LogP) is 4.56. The van der Waals surface area contributed by atoms with Gasteiger partial charge in [-0.15, -0.1) is 6.58 Å². The number of carbonyl (C=O) groups excluding carboxylic acids is 3. The van der Waals surface area contributed by atoms with E-state index in [9.17, 15) is 14.4 Å². The number of alkyl carbamates (subject to hydrolysis) is 1. The van der Waals surface area contributed by atoms with Gasteiger partial charge < -0.3 is 19.5 Å². The van der Waals surface area contributed by atoms with Crippen molar-refractivity contribution < 1.29 is 28.6 Å². The average molecular weight is 454 g/mol. The number of amides is 1. The maximum atomic E-state index is 13.0. The van der Waals surface area contributed by atoms with Crippen LogP contribution >= 0.6 is 0 Å². The molecule has 0 unspecified atom stereocenters. The van der Waals surface area contributed by atoms with Crippen molar-refractivity contribution in [3.63, 3.8) is 0 Å². The number of nitrogens with one attached hydrogen (secondary N) is 1. The van der Waals surface area contributed by atoms with Gasteiger partial charge in [0.05, 0.1) is 5.92 Å². The zero-order valence-electron chi connectivity index (χ0n) is 19.3. The number of benzene rings is 2. The highest BCUT2D eigenvalue weighted by atomic mass is 16.6. The Hall–Kier alpha value is -3.61. The third kappa shape index (κ3) is 9.19. The Bertz CT molecular complexity index is 921. The first-order valence-corrected chi connectivity index (χ1v) is 10.7. The van der Waals surface area contributed by atoms with Gasteiger partial charge in [0.1, 0.15) is 24.9 Å². The Morgan fingerprint density at radius 2 is 1.39 bits per heavy atom. The molecule has 0 heterocycles. The van der Waals surface area contributed by atoms with Crippen LogP contribution in [0.1, 0.15) is 38.3 Å². The summed E-state index contributed by atoms with van der Waals surface area (Å²) in [5.41, 5.74) is 0.780. The predicted molar refractivity (Wildman–Crippen MR) is 124 cm³/mol. The van der Waals surface area contributed by atoms with Crippen LogP contribution in [-0.4, -0.2) is 29.7 Å². The van der Waals surface area contributed by atoms with Gasteiger partial charge in [0.15, 0.2) is 0 Å². The Balaban J connectivity index is 2.16. The minimum absolute atomic E-state index is 0.00789. The monoisotopic (exact) mass is 453 g/mol. The van der Waals surface area contributed by atoms with Crippen LogP contribution in [0.4, 0.5) is 4.79 Å². The third-order valence-corrected chi connectivity index (χ3v) is 4.50. The molecule has 0 aliphatic heterocycles. The van der Waals surface area contributed by atoms with Crippen molar-refractivity contribution in [2.24, 2.45) is 5.92 Å². The molecule has 2 rings (SSSR count). The van der Waals surface area contributed by atoms with Gasteiger partial charge in [0, 0.05) is 0 Å². The van der Waals surface area contributed by atoms with Gasteiger partial charge in [-0.2, -0.15) is 0 Å². The summed E-state index contributed by atoms with van der Waals surface area (Å²) in [5, 5.41) is 2.49. The van der Waals surface area contributed by atoms with Crippen molar-refractivity contribution in [2.45, 2.75) is 52.0 Å². The highest BCUT2D eigenvalue weighted by molar-refractivity contribution is 5.88. The second-order valence-corrected chi connectivity index (χ2v) is 8.44. The maximum absolute atomic E-state index is 13.0. The molecule has 0 aliphatic carbocycles. The minimum Gasteiger partial charge on any atom is -0.460 e. The van der Waals surface area contributed by atoms with Crippen molar-refractivity contribution in [1.29, 1.82) is 0 Å². The van der Waals surface area contributed by atoms with Crippen LogP contribution in [0.15, 0.2) is 73.3 Å². The molecule has 0 saturated carbocycles. The third-order valence-electron chi connectivity index (χ3n) is 4.50. The molecule has 0 fully saturated rings. The van der Waals surface area contributed by atoms with E-state index in [0.717, 1.165) is 11.1 Å². The lowest BCUT2D eigenvalue weighted by molar-refractivity contribution is -0.166. The summed E-state index contributed by atoms with van der Waals surface area (Å²) in [6.45, 7) is 8.84. The Labute approximate surface area is 194 Å². The molecule has 7 heteroatoms. The van der Waals surface area contributed by atoms with Gasteiger partial charge in [-0.3, -0.25) is 4.79 Å². The summed E-state index contributed by atoms with van der Waals surface area (Å²) in [7, 11) is 0. The molecule has 176 valence electrons. The standard InChI is InChI=1S/C26H31NO6/c1-5-12-21(23(28)33-26(2,3)4)22(24(29)31-17-19-13-8-6-9-14-19)27-25(30)32-18-20-15-10-7-11-16-20/h5-11,13-16,21-22H,1,12,17-18H2,2-4H3,(H,27,30)/t21-,22-/m0/s1. The van der Waals surface area contributed by atoms with E-state index in [0.29, 0.717) is 0 Å². The molecule has 0 aliphatic rings. The highest BCUT2D eigenvalue weighted by Gasteiger charge is 2.38. The number of rotatable bonds is 10. The molecular formula is C26H31NO6. The Morgan fingerprint density at radius 1 is 0.879 bits per heavy atom. The first kappa shape index (κ1) is 25.6. The zero-order chi connectivity index (χ0) is 24.3. The van der Waals surface area contributed by atoms with E-state index in [1.54, 1.807) is 45.0 Å². The van der Waals surface area contributed by atoms with Crippen molar-refractivity contribution >= 4 is 18.0 Å². The van der Waals surface area contributed by atoms with E-state index in [4.69, 9.17) is 14.2 Å². The summed E-state index contributed by atoms with van der Waals surface area (Å²) in [5.74, 6) is -2.45. The smallest absolute Gasteiger partial charge is 0.408 e. The zero-order valence-corrected chi connectivity index (χ0v) is 19.3. The van der Waals surface area contributed by atoms with Gasteiger partial charge in [-0.05, 0) is 38.3 Å². The van der Waals surface area contributed by atoms with Gasteiger partial charge in [-0.1, -0.05) is 66.7 Å². The van der Waals surface area contributed by atoms with Gasteiger partial charge in [0.2, 0.25) is 0 Å². The van der Waals surface area contributed by atoms with E-state index in [1.165, 1.54) is 6.08 Å². The molecule has 0 spiro atoms. The van der Waals surface area contributed by atoms with E-state index < -0.39 is 35.6 Å². The topological polar surface area (TPSA) is 90.9 Å². The molecule has 7 nitrogen and oxygen atoms in total. The lowest BCUT2D eigenvalue weighted by atomic mass is 9.95. The second-order valence-electron chi connectivity index (χ2n) is 8.44. The van der Waals surface area contributed by atoms with Crippen molar-refractivity contribution in [2.75, 3.05) is 0 Å². The summed E-state index contributed by atoms with van der Waals surface area (Å²) >= 11 is 0. The minimum atomic E-state index is -1.31. The number of carbonyl (C=O) groups is 3. The molecule has 33 heavy (non-hydrogen) atoms. The van der Waals surface area contributed by atoms with Crippen LogP contribution in [-0.2, 0) is 37.0 Å². The number of allylic oxidation sites excluding steroid dienone is 1. The highest BCUT2D eigenvalue weighted by Crippen LogP contribution is 2.19. The summed E-state index contributed by atoms with van der Waals surface area (Å²) in [6, 6.07) is 16.9. The van der Waals surface area contributed by atoms with Crippen molar-refractivity contribution in [3.05, 3.63) is 84.4 Å². The SMILES string of the molecule is C=CC[C@H](C(=O)OC(C)(C)C)[C@H](NC(=O)OCc1ccccc1)C(=O)OCc1ccccc1. The van der Waals surface area contributed by atoms with E-state index in [-0.39, 0.29) is 19.6 Å². The molecule has 2 aromatic carbocycles. The molecule has 0 aromatic heterocycles. The van der Waals surface area contributed by atoms with Gasteiger partial charge in [-0.25, -0.2) is 9.59 Å².